The lowest BCUT2D eigenvalue weighted by molar-refractivity contribution is -0.183. The van der Waals surface area contributed by atoms with Crippen LogP contribution >= 0.6 is 0 Å². The summed E-state index contributed by atoms with van der Waals surface area (Å²) in [5.74, 6) is -6.17. The standard InChI is InChI=1S/C30H38F5N9O3/c1-3-43-23(6-9-37-43)27(46)39-24(18-4-7-29(31,32)8-5-18)22-16-44-28(38-22)40-25(42-10-11-47-17(2)15-42)21(41-44)13-19-12-20(30(33,34)35)14-36-26(19)45/h6,9,16-20,24H,3-5,7-8,10-15H2,1-2H3,(H,36,45)(H,39,46). The number of aryl methyl sites for hydroxylation is 1. The van der Waals surface area contributed by atoms with E-state index in [0.29, 0.717) is 49.1 Å². The Hall–Kier alpha value is -3.89. The highest BCUT2D eigenvalue weighted by atomic mass is 19.4. The second-order valence-electron chi connectivity index (χ2n) is 12.7. The van der Waals surface area contributed by atoms with Crippen LogP contribution in [0.1, 0.15) is 73.9 Å². The van der Waals surface area contributed by atoms with Crippen molar-refractivity contribution in [2.45, 2.75) is 83.2 Å². The van der Waals surface area contributed by atoms with Gasteiger partial charge in [-0.3, -0.25) is 14.3 Å². The summed E-state index contributed by atoms with van der Waals surface area (Å²) in [6, 6.07) is 0.818. The molecule has 17 heteroatoms. The summed E-state index contributed by atoms with van der Waals surface area (Å²) in [7, 11) is 0. The molecule has 5 heterocycles. The Morgan fingerprint density at radius 2 is 2.00 bits per heavy atom. The van der Waals surface area contributed by atoms with Crippen molar-refractivity contribution in [3.05, 3.63) is 35.5 Å². The number of morpholine rings is 1. The molecule has 0 spiro atoms. The van der Waals surface area contributed by atoms with Crippen LogP contribution in [-0.4, -0.2) is 85.6 Å². The zero-order valence-electron chi connectivity index (χ0n) is 26.1. The Morgan fingerprint density at radius 1 is 1.23 bits per heavy atom. The smallest absolute Gasteiger partial charge is 0.375 e. The number of hydrogen-bond acceptors (Lipinski definition) is 8. The predicted molar refractivity (Wildman–Crippen MR) is 158 cm³/mol. The number of alkyl halides is 5. The lowest BCUT2D eigenvalue weighted by Gasteiger charge is -2.34. The van der Waals surface area contributed by atoms with E-state index in [1.807, 2.05) is 18.7 Å². The molecule has 3 fully saturated rings. The molecule has 0 radical (unpaired) electrons. The van der Waals surface area contributed by atoms with E-state index >= 15 is 0 Å². The van der Waals surface area contributed by atoms with Gasteiger partial charge in [0.1, 0.15) is 11.4 Å². The molecule has 4 atom stereocenters. The molecule has 0 aromatic carbocycles. The van der Waals surface area contributed by atoms with Gasteiger partial charge in [0.15, 0.2) is 5.82 Å². The molecule has 3 aliphatic rings. The minimum absolute atomic E-state index is 0.0885. The number of hydrogen-bond donors (Lipinski definition) is 2. The van der Waals surface area contributed by atoms with Gasteiger partial charge in [0, 0.05) is 57.6 Å². The van der Waals surface area contributed by atoms with Gasteiger partial charge < -0.3 is 20.3 Å². The maximum atomic E-state index is 14.2. The monoisotopic (exact) mass is 667 g/mol. The maximum Gasteiger partial charge on any atom is 0.393 e. The van der Waals surface area contributed by atoms with Gasteiger partial charge in [0.25, 0.3) is 11.7 Å². The number of nitrogens with one attached hydrogen (secondary N) is 2. The van der Waals surface area contributed by atoms with Crippen LogP contribution < -0.4 is 15.5 Å². The highest BCUT2D eigenvalue weighted by Gasteiger charge is 2.45. The molecule has 1 saturated carbocycles. The molecule has 3 aromatic heterocycles. The van der Waals surface area contributed by atoms with Crippen molar-refractivity contribution in [3.8, 4) is 0 Å². The van der Waals surface area contributed by atoms with E-state index < -0.39 is 48.3 Å². The number of anilines is 1. The zero-order valence-corrected chi connectivity index (χ0v) is 26.1. The second-order valence-corrected chi connectivity index (χ2v) is 12.7. The molecule has 47 heavy (non-hydrogen) atoms. The van der Waals surface area contributed by atoms with Crippen LogP contribution in [0.15, 0.2) is 18.5 Å². The number of halogens is 5. The Balaban J connectivity index is 1.37. The van der Waals surface area contributed by atoms with Crippen LogP contribution in [0.5, 0.6) is 0 Å². The third-order valence-corrected chi connectivity index (χ3v) is 9.37. The SMILES string of the molecule is CCn1nccc1C(=O)NC(c1cn2nc(CC3CC(C(F)(F)F)CNC3=O)c(N3CCOC(C)C3)nc2n1)C1CCC(F)(F)CC1. The third-order valence-electron chi connectivity index (χ3n) is 9.37. The number of ether oxygens (including phenoxy) is 1. The summed E-state index contributed by atoms with van der Waals surface area (Å²) in [5, 5.41) is 14.3. The number of rotatable bonds is 8. The molecule has 2 amide bonds. The maximum absolute atomic E-state index is 14.2. The van der Waals surface area contributed by atoms with Crippen molar-refractivity contribution in [2.24, 2.45) is 17.8 Å². The first kappa shape index (κ1) is 33.0. The molecule has 2 saturated heterocycles. The molecular weight excluding hydrogens is 629 g/mol. The average Bonchev–Trinajstić information content (AvgIpc) is 3.67. The predicted octanol–water partition coefficient (Wildman–Crippen LogP) is 3.72. The molecule has 0 bridgehead atoms. The molecule has 256 valence electrons. The molecular formula is C30H38F5N9O3. The van der Waals surface area contributed by atoms with E-state index in [4.69, 9.17) is 19.8 Å². The minimum atomic E-state index is -4.46. The molecule has 4 unspecified atom stereocenters. The lowest BCUT2D eigenvalue weighted by atomic mass is 9.81. The van der Waals surface area contributed by atoms with Gasteiger partial charge in [-0.15, -0.1) is 0 Å². The highest BCUT2D eigenvalue weighted by Crippen LogP contribution is 2.41. The van der Waals surface area contributed by atoms with E-state index in [1.165, 1.54) is 15.4 Å². The van der Waals surface area contributed by atoms with Gasteiger partial charge in [-0.2, -0.15) is 28.4 Å². The number of fused-ring (bicyclic) bond motifs is 1. The Morgan fingerprint density at radius 3 is 2.70 bits per heavy atom. The van der Waals surface area contributed by atoms with Crippen LogP contribution in [0.4, 0.5) is 27.8 Å². The van der Waals surface area contributed by atoms with E-state index in [1.54, 1.807) is 12.3 Å². The van der Waals surface area contributed by atoms with Crippen molar-refractivity contribution < 1.29 is 36.3 Å². The van der Waals surface area contributed by atoms with E-state index in [2.05, 4.69) is 15.7 Å². The molecule has 2 aliphatic heterocycles. The molecule has 2 N–H and O–H groups in total. The van der Waals surface area contributed by atoms with Gasteiger partial charge in [0.05, 0.1) is 36.6 Å². The van der Waals surface area contributed by atoms with Gasteiger partial charge >= 0.3 is 6.18 Å². The number of nitrogens with zero attached hydrogens (tertiary/aromatic N) is 7. The zero-order chi connectivity index (χ0) is 33.5. The fraction of sp³-hybridized carbons (Fsp3) is 0.667. The molecule has 6 rings (SSSR count). The summed E-state index contributed by atoms with van der Waals surface area (Å²) in [6.45, 7) is 4.98. The first-order chi connectivity index (χ1) is 22.3. The van der Waals surface area contributed by atoms with Gasteiger partial charge in [-0.25, -0.2) is 18.3 Å². The molecule has 3 aromatic rings. The first-order valence-corrected chi connectivity index (χ1v) is 16.0. The van der Waals surface area contributed by atoms with Gasteiger partial charge in [-0.05, 0) is 45.1 Å². The molecule has 12 nitrogen and oxygen atoms in total. The third kappa shape index (κ3) is 7.18. The van der Waals surface area contributed by atoms with Gasteiger partial charge in [0.2, 0.25) is 11.8 Å². The summed E-state index contributed by atoms with van der Waals surface area (Å²) in [4.78, 5) is 37.6. The Labute approximate surface area is 267 Å². The van der Waals surface area contributed by atoms with Crippen molar-refractivity contribution in [3.63, 3.8) is 0 Å². The first-order valence-electron chi connectivity index (χ1n) is 16.0. The number of amides is 2. The lowest BCUT2D eigenvalue weighted by Crippen LogP contribution is -2.47. The van der Waals surface area contributed by atoms with Crippen LogP contribution in [0.3, 0.4) is 0 Å². The largest absolute Gasteiger partial charge is 0.393 e. The van der Waals surface area contributed by atoms with Crippen LogP contribution in [0.25, 0.3) is 5.78 Å². The van der Waals surface area contributed by atoms with E-state index in [0.717, 1.165) is 0 Å². The number of carbonyl (C=O) groups is 2. The van der Waals surface area contributed by atoms with Crippen LogP contribution in [0.2, 0.25) is 0 Å². The second kappa shape index (κ2) is 13.0. The average molecular weight is 668 g/mol. The number of piperidine rings is 1. The summed E-state index contributed by atoms with van der Waals surface area (Å²) < 4.78 is 77.7. The Kier molecular flexibility index (Phi) is 9.11. The quantitative estimate of drug-likeness (QED) is 0.348. The Bertz CT molecular complexity index is 1600. The fourth-order valence-electron chi connectivity index (χ4n) is 6.79. The summed E-state index contributed by atoms with van der Waals surface area (Å²) in [6.07, 6.45) is -2.36. The summed E-state index contributed by atoms with van der Waals surface area (Å²) >= 11 is 0. The fourth-order valence-corrected chi connectivity index (χ4v) is 6.79. The van der Waals surface area contributed by atoms with E-state index in [9.17, 15) is 31.5 Å². The topological polar surface area (TPSA) is 132 Å². The minimum Gasteiger partial charge on any atom is -0.375 e. The van der Waals surface area contributed by atoms with Gasteiger partial charge in [-0.1, -0.05) is 0 Å². The van der Waals surface area contributed by atoms with Crippen molar-refractivity contribution >= 4 is 23.4 Å². The normalized spacial score (nSPS) is 24.7. The molecule has 1 aliphatic carbocycles. The highest BCUT2D eigenvalue weighted by molar-refractivity contribution is 5.92. The van der Waals surface area contributed by atoms with Crippen LogP contribution in [0, 0.1) is 17.8 Å². The number of imidazole rings is 1. The van der Waals surface area contributed by atoms with Crippen LogP contribution in [-0.2, 0) is 22.5 Å². The van der Waals surface area contributed by atoms with Crippen molar-refractivity contribution in [1.29, 1.82) is 0 Å². The van der Waals surface area contributed by atoms with Crippen molar-refractivity contribution in [2.75, 3.05) is 31.1 Å². The summed E-state index contributed by atoms with van der Waals surface area (Å²) in [5.41, 5.74) is 0.998. The number of carbonyl (C=O) groups excluding carboxylic acids is 2. The van der Waals surface area contributed by atoms with Crippen molar-refractivity contribution in [1.82, 2.24) is 40.0 Å². The van der Waals surface area contributed by atoms with E-state index in [-0.39, 0.29) is 56.3 Å². The number of aromatic nitrogens is 6.